The Bertz CT molecular complexity index is 899. The highest BCUT2D eigenvalue weighted by molar-refractivity contribution is 7.18. The number of amides is 1. The molecule has 1 heterocycles. The minimum atomic E-state index is -0.610. The number of nitrogens with one attached hydrogen (secondary N) is 1. The van der Waals surface area contributed by atoms with E-state index in [0.717, 1.165) is 16.9 Å². The van der Waals surface area contributed by atoms with Crippen molar-refractivity contribution in [1.82, 2.24) is 0 Å². The zero-order valence-electron chi connectivity index (χ0n) is 15.7. The van der Waals surface area contributed by atoms with E-state index in [0.29, 0.717) is 5.56 Å². The highest BCUT2D eigenvalue weighted by Gasteiger charge is 2.27. The van der Waals surface area contributed by atoms with E-state index in [4.69, 9.17) is 9.47 Å². The molecule has 2 rings (SSSR count). The van der Waals surface area contributed by atoms with Crippen LogP contribution in [0.4, 0.5) is 5.00 Å². The fourth-order valence-electron chi connectivity index (χ4n) is 2.34. The molecule has 1 aromatic heterocycles. The summed E-state index contributed by atoms with van der Waals surface area (Å²) >= 11 is 0.973. The van der Waals surface area contributed by atoms with Crippen molar-refractivity contribution >= 4 is 40.3 Å². The fraction of sp³-hybridized carbons (Fsp3) is 0.190. The molecule has 0 aliphatic rings. The average Bonchev–Trinajstić information content (AvgIpc) is 3.01. The van der Waals surface area contributed by atoms with Crippen molar-refractivity contribution in [3.05, 3.63) is 70.6 Å². The zero-order valence-corrected chi connectivity index (χ0v) is 16.5. The quantitative estimate of drug-likeness (QED) is 0.408. The lowest BCUT2D eigenvalue weighted by Crippen LogP contribution is -2.13. The molecule has 0 aliphatic heterocycles. The van der Waals surface area contributed by atoms with Crippen LogP contribution >= 0.6 is 11.3 Å². The largest absolute Gasteiger partial charge is 0.462 e. The van der Waals surface area contributed by atoms with Gasteiger partial charge >= 0.3 is 11.9 Å². The lowest BCUT2D eigenvalue weighted by atomic mass is 10.1. The van der Waals surface area contributed by atoms with Crippen molar-refractivity contribution in [2.24, 2.45) is 0 Å². The maximum Gasteiger partial charge on any atom is 0.348 e. The van der Waals surface area contributed by atoms with Crippen LogP contribution < -0.4 is 5.32 Å². The second-order valence-electron chi connectivity index (χ2n) is 5.60. The van der Waals surface area contributed by atoms with Crippen LogP contribution in [0.15, 0.2) is 49.1 Å². The van der Waals surface area contributed by atoms with Gasteiger partial charge in [0.25, 0.3) is 0 Å². The highest BCUT2D eigenvalue weighted by Crippen LogP contribution is 2.34. The summed E-state index contributed by atoms with van der Waals surface area (Å²) in [6.07, 6.45) is 4.46. The summed E-state index contributed by atoms with van der Waals surface area (Å²) in [5.74, 6) is -1.63. The van der Waals surface area contributed by atoms with Gasteiger partial charge in [0.15, 0.2) is 0 Å². The van der Waals surface area contributed by atoms with Crippen LogP contribution in [0.25, 0.3) is 6.08 Å². The second kappa shape index (κ2) is 10.2. The van der Waals surface area contributed by atoms with Gasteiger partial charge in [0.05, 0.1) is 12.2 Å². The Labute approximate surface area is 167 Å². The van der Waals surface area contributed by atoms with E-state index >= 15 is 0 Å². The Kier molecular flexibility index (Phi) is 7.71. The molecule has 146 valence electrons. The first kappa shape index (κ1) is 21.1. The summed E-state index contributed by atoms with van der Waals surface area (Å²) in [5.41, 5.74) is 1.41. The van der Waals surface area contributed by atoms with Crippen LogP contribution in [0.2, 0.25) is 0 Å². The van der Waals surface area contributed by atoms with Gasteiger partial charge in [0.2, 0.25) is 5.91 Å². The Morgan fingerprint density at radius 1 is 1.14 bits per heavy atom. The fourth-order valence-corrected chi connectivity index (χ4v) is 3.43. The summed E-state index contributed by atoms with van der Waals surface area (Å²) in [4.78, 5) is 37.1. The molecule has 1 amide bonds. The van der Waals surface area contributed by atoms with Crippen LogP contribution in [0.5, 0.6) is 0 Å². The minimum Gasteiger partial charge on any atom is -0.462 e. The molecule has 2 aromatic rings. The van der Waals surface area contributed by atoms with Gasteiger partial charge in [-0.3, -0.25) is 4.79 Å². The first-order valence-electron chi connectivity index (χ1n) is 8.60. The molecule has 0 aliphatic carbocycles. The van der Waals surface area contributed by atoms with E-state index in [1.165, 1.54) is 12.2 Å². The molecule has 1 aromatic carbocycles. The van der Waals surface area contributed by atoms with E-state index < -0.39 is 17.8 Å². The lowest BCUT2D eigenvalue weighted by Gasteiger charge is -2.05. The van der Waals surface area contributed by atoms with E-state index in [1.54, 1.807) is 19.9 Å². The highest BCUT2D eigenvalue weighted by atomic mass is 32.1. The third kappa shape index (κ3) is 5.40. The molecule has 28 heavy (non-hydrogen) atoms. The van der Waals surface area contributed by atoms with Crippen molar-refractivity contribution in [3.8, 4) is 0 Å². The van der Waals surface area contributed by atoms with E-state index in [1.807, 2.05) is 30.3 Å². The maximum atomic E-state index is 12.3. The molecule has 0 saturated carbocycles. The first-order valence-corrected chi connectivity index (χ1v) is 9.42. The van der Waals surface area contributed by atoms with Crippen LogP contribution in [0.1, 0.15) is 38.1 Å². The smallest absolute Gasteiger partial charge is 0.348 e. The van der Waals surface area contributed by atoms with Crippen LogP contribution in [0.3, 0.4) is 0 Å². The standard InChI is InChI=1S/C21H21NO5S/c1-4-13-27-21(25)18-14(3)17(20(24)26-5-2)19(28-18)22-16(23)12-11-15-9-7-6-8-10-15/h4,6-12H,1,5,13H2,2-3H3,(H,22,23)/b12-11+. The predicted octanol–water partition coefficient (Wildman–Crippen LogP) is 4.23. The predicted molar refractivity (Wildman–Crippen MR) is 110 cm³/mol. The molecular weight excluding hydrogens is 378 g/mol. The average molecular weight is 399 g/mol. The normalized spacial score (nSPS) is 10.5. The van der Waals surface area contributed by atoms with Crippen LogP contribution in [-0.4, -0.2) is 31.1 Å². The third-order valence-electron chi connectivity index (χ3n) is 3.61. The monoisotopic (exact) mass is 399 g/mol. The van der Waals surface area contributed by atoms with E-state index in [9.17, 15) is 14.4 Å². The Balaban J connectivity index is 2.28. The maximum absolute atomic E-state index is 12.3. The van der Waals surface area contributed by atoms with Gasteiger partial charge in [-0.2, -0.15) is 0 Å². The number of hydrogen-bond acceptors (Lipinski definition) is 6. The van der Waals surface area contributed by atoms with Gasteiger partial charge < -0.3 is 14.8 Å². The third-order valence-corrected chi connectivity index (χ3v) is 4.79. The molecule has 0 radical (unpaired) electrons. The molecule has 0 bridgehead atoms. The number of ether oxygens (including phenoxy) is 2. The summed E-state index contributed by atoms with van der Waals surface area (Å²) in [6.45, 7) is 7.01. The lowest BCUT2D eigenvalue weighted by molar-refractivity contribution is -0.111. The number of hydrogen-bond donors (Lipinski definition) is 1. The molecule has 0 atom stereocenters. The second-order valence-corrected chi connectivity index (χ2v) is 6.62. The van der Waals surface area contributed by atoms with Gasteiger partial charge in [-0.25, -0.2) is 9.59 Å². The number of benzene rings is 1. The van der Waals surface area contributed by atoms with Crippen LogP contribution in [-0.2, 0) is 14.3 Å². The van der Waals surface area contributed by atoms with Gasteiger partial charge in [0.1, 0.15) is 16.5 Å². The number of carbonyl (C=O) groups excluding carboxylic acids is 3. The molecule has 0 spiro atoms. The summed E-state index contributed by atoms with van der Waals surface area (Å²) in [5, 5.41) is 2.90. The number of esters is 2. The SMILES string of the molecule is C=CCOC(=O)c1sc(NC(=O)/C=C/c2ccccc2)c(C(=O)OCC)c1C. The van der Waals surface area contributed by atoms with Gasteiger partial charge in [0, 0.05) is 6.08 Å². The molecule has 0 fully saturated rings. The van der Waals surface area contributed by atoms with Gasteiger partial charge in [-0.05, 0) is 31.1 Å². The van der Waals surface area contributed by atoms with Crippen molar-refractivity contribution in [1.29, 1.82) is 0 Å². The number of rotatable bonds is 8. The Morgan fingerprint density at radius 3 is 2.50 bits per heavy atom. The molecule has 0 saturated heterocycles. The Hall–Kier alpha value is -3.19. The van der Waals surface area contributed by atoms with Gasteiger partial charge in [-0.15, -0.1) is 11.3 Å². The summed E-state index contributed by atoms with van der Waals surface area (Å²) < 4.78 is 10.1. The van der Waals surface area contributed by atoms with Crippen molar-refractivity contribution < 1.29 is 23.9 Å². The number of anilines is 1. The van der Waals surface area contributed by atoms with E-state index in [-0.39, 0.29) is 28.7 Å². The number of carbonyl (C=O) groups is 3. The van der Waals surface area contributed by atoms with Gasteiger partial charge in [-0.1, -0.05) is 43.0 Å². The summed E-state index contributed by atoms with van der Waals surface area (Å²) in [7, 11) is 0. The number of thiophene rings is 1. The van der Waals surface area contributed by atoms with Crippen molar-refractivity contribution in [3.63, 3.8) is 0 Å². The van der Waals surface area contributed by atoms with Crippen molar-refractivity contribution in [2.45, 2.75) is 13.8 Å². The molecule has 7 heteroatoms. The van der Waals surface area contributed by atoms with E-state index in [2.05, 4.69) is 11.9 Å². The zero-order chi connectivity index (χ0) is 20.5. The Morgan fingerprint density at radius 2 is 1.86 bits per heavy atom. The molecular formula is C21H21NO5S. The van der Waals surface area contributed by atoms with Crippen LogP contribution in [0, 0.1) is 6.92 Å². The molecule has 0 unspecified atom stereocenters. The topological polar surface area (TPSA) is 81.7 Å². The van der Waals surface area contributed by atoms with Crippen molar-refractivity contribution in [2.75, 3.05) is 18.5 Å². The first-order chi connectivity index (χ1) is 13.5. The summed E-state index contributed by atoms with van der Waals surface area (Å²) in [6, 6.07) is 9.32. The molecule has 6 nitrogen and oxygen atoms in total. The molecule has 1 N–H and O–H groups in total. The minimum absolute atomic E-state index is 0.0480.